The van der Waals surface area contributed by atoms with Gasteiger partial charge in [-0.1, -0.05) is 58.9 Å². The van der Waals surface area contributed by atoms with Crippen LogP contribution in [0.2, 0.25) is 0 Å². The van der Waals surface area contributed by atoms with Crippen molar-refractivity contribution in [1.29, 1.82) is 0 Å². The molecule has 1 amide bonds. The number of carbonyl (C=O) groups is 1. The summed E-state index contributed by atoms with van der Waals surface area (Å²) in [6, 6.07) is 15.5. The lowest BCUT2D eigenvalue weighted by Crippen LogP contribution is -2.31. The molecule has 0 saturated carbocycles. The van der Waals surface area contributed by atoms with Crippen molar-refractivity contribution in [1.82, 2.24) is 4.90 Å². The Morgan fingerprint density at radius 2 is 1.89 bits per heavy atom. The number of benzene rings is 2. The van der Waals surface area contributed by atoms with E-state index in [2.05, 4.69) is 26.1 Å². The van der Waals surface area contributed by atoms with Crippen molar-refractivity contribution in [2.24, 2.45) is 10.2 Å². The SMILES string of the molecule is CC[C@@H]1S/C(=N\N=C/c2ccc(Br)cc2)N(Cc2ccc(OC)cc2)C1=O. The minimum atomic E-state index is -0.107. The zero-order valence-electron chi connectivity index (χ0n) is 15.1. The Labute approximate surface area is 171 Å². The first-order chi connectivity index (χ1) is 13.1. The maximum absolute atomic E-state index is 12.7. The van der Waals surface area contributed by atoms with Gasteiger partial charge in [0.25, 0.3) is 0 Å². The number of methoxy groups -OCH3 is 1. The molecule has 0 unspecified atom stereocenters. The van der Waals surface area contributed by atoms with Gasteiger partial charge in [-0.2, -0.15) is 5.10 Å². The average molecular weight is 446 g/mol. The third kappa shape index (κ3) is 4.99. The van der Waals surface area contributed by atoms with Crippen LogP contribution in [0.1, 0.15) is 24.5 Å². The molecule has 0 radical (unpaired) electrons. The normalized spacial score (nSPS) is 18.6. The maximum Gasteiger partial charge on any atom is 0.242 e. The van der Waals surface area contributed by atoms with Gasteiger partial charge in [0.2, 0.25) is 5.91 Å². The zero-order chi connectivity index (χ0) is 19.2. The summed E-state index contributed by atoms with van der Waals surface area (Å²) in [5.74, 6) is 0.871. The van der Waals surface area contributed by atoms with E-state index in [4.69, 9.17) is 4.74 Å². The van der Waals surface area contributed by atoms with Crippen molar-refractivity contribution >= 4 is 45.0 Å². The van der Waals surface area contributed by atoms with E-state index in [1.807, 2.05) is 55.5 Å². The zero-order valence-corrected chi connectivity index (χ0v) is 17.5. The summed E-state index contributed by atoms with van der Waals surface area (Å²) in [6.45, 7) is 2.48. The van der Waals surface area contributed by atoms with Gasteiger partial charge in [-0.15, -0.1) is 5.10 Å². The number of amides is 1. The summed E-state index contributed by atoms with van der Waals surface area (Å²) in [4.78, 5) is 14.4. The van der Waals surface area contributed by atoms with E-state index in [0.717, 1.165) is 27.8 Å². The lowest BCUT2D eigenvalue weighted by Gasteiger charge is -2.16. The minimum absolute atomic E-state index is 0.0795. The van der Waals surface area contributed by atoms with E-state index in [9.17, 15) is 4.79 Å². The molecule has 1 saturated heterocycles. The number of hydrogen-bond donors (Lipinski definition) is 0. The second-order valence-electron chi connectivity index (χ2n) is 5.97. The number of nitrogens with zero attached hydrogens (tertiary/aromatic N) is 3. The first kappa shape index (κ1) is 19.6. The minimum Gasteiger partial charge on any atom is -0.497 e. The van der Waals surface area contributed by atoms with Crippen LogP contribution in [0.4, 0.5) is 0 Å². The molecule has 27 heavy (non-hydrogen) atoms. The number of halogens is 1. The number of hydrogen-bond acceptors (Lipinski definition) is 5. The molecule has 1 atom stereocenters. The van der Waals surface area contributed by atoms with Gasteiger partial charge in [-0.3, -0.25) is 9.69 Å². The van der Waals surface area contributed by atoms with Gasteiger partial charge in [-0.25, -0.2) is 0 Å². The molecule has 0 N–H and O–H groups in total. The Balaban J connectivity index is 1.77. The van der Waals surface area contributed by atoms with Crippen molar-refractivity contribution < 1.29 is 9.53 Å². The fourth-order valence-corrected chi connectivity index (χ4v) is 3.89. The molecule has 1 aliphatic heterocycles. The van der Waals surface area contributed by atoms with Crippen LogP contribution in [-0.4, -0.2) is 34.5 Å². The molecule has 0 aliphatic carbocycles. The van der Waals surface area contributed by atoms with Crippen molar-refractivity contribution in [3.05, 3.63) is 64.1 Å². The van der Waals surface area contributed by atoms with Gasteiger partial charge in [-0.05, 0) is 41.8 Å². The fourth-order valence-electron chi connectivity index (χ4n) is 2.60. The van der Waals surface area contributed by atoms with Crippen LogP contribution in [0.5, 0.6) is 5.75 Å². The molecule has 0 spiro atoms. The Morgan fingerprint density at radius 3 is 2.52 bits per heavy atom. The molecule has 1 heterocycles. The Bertz CT molecular complexity index is 851. The highest BCUT2D eigenvalue weighted by molar-refractivity contribution is 9.10. The average Bonchev–Trinajstić information content (AvgIpc) is 2.99. The van der Waals surface area contributed by atoms with Crippen LogP contribution < -0.4 is 4.74 Å². The lowest BCUT2D eigenvalue weighted by atomic mass is 10.2. The largest absolute Gasteiger partial charge is 0.497 e. The highest BCUT2D eigenvalue weighted by atomic mass is 79.9. The summed E-state index contributed by atoms with van der Waals surface area (Å²) in [5.41, 5.74) is 1.97. The van der Waals surface area contributed by atoms with Gasteiger partial charge in [0, 0.05) is 4.47 Å². The molecule has 140 valence electrons. The number of carbonyl (C=O) groups excluding carboxylic acids is 1. The van der Waals surface area contributed by atoms with Gasteiger partial charge < -0.3 is 4.74 Å². The van der Waals surface area contributed by atoms with E-state index >= 15 is 0 Å². The second-order valence-corrected chi connectivity index (χ2v) is 8.05. The van der Waals surface area contributed by atoms with Crippen LogP contribution in [0.25, 0.3) is 0 Å². The van der Waals surface area contributed by atoms with Crippen molar-refractivity contribution in [3.63, 3.8) is 0 Å². The van der Waals surface area contributed by atoms with E-state index in [0.29, 0.717) is 11.7 Å². The van der Waals surface area contributed by atoms with E-state index in [-0.39, 0.29) is 11.2 Å². The van der Waals surface area contributed by atoms with Crippen LogP contribution >= 0.6 is 27.7 Å². The van der Waals surface area contributed by atoms with Crippen LogP contribution in [0, 0.1) is 0 Å². The molecular weight excluding hydrogens is 426 g/mol. The molecule has 2 aromatic carbocycles. The maximum atomic E-state index is 12.7. The summed E-state index contributed by atoms with van der Waals surface area (Å²) < 4.78 is 6.20. The first-order valence-corrected chi connectivity index (χ1v) is 10.3. The summed E-state index contributed by atoms with van der Waals surface area (Å²) in [5, 5.41) is 9.04. The third-order valence-electron chi connectivity index (χ3n) is 4.11. The van der Waals surface area contributed by atoms with Gasteiger partial charge in [0.15, 0.2) is 5.17 Å². The fraction of sp³-hybridized carbons (Fsp3) is 0.250. The van der Waals surface area contributed by atoms with Gasteiger partial charge in [0.05, 0.1) is 25.1 Å². The highest BCUT2D eigenvalue weighted by Crippen LogP contribution is 2.31. The number of amidine groups is 1. The summed E-state index contributed by atoms with van der Waals surface area (Å²) in [6.07, 6.45) is 2.45. The predicted octanol–water partition coefficient (Wildman–Crippen LogP) is 4.70. The summed E-state index contributed by atoms with van der Waals surface area (Å²) >= 11 is 4.88. The number of thioether (sulfide) groups is 1. The quantitative estimate of drug-likeness (QED) is 0.478. The predicted molar refractivity (Wildman–Crippen MR) is 114 cm³/mol. The van der Waals surface area contributed by atoms with Crippen LogP contribution in [0.3, 0.4) is 0 Å². The highest BCUT2D eigenvalue weighted by Gasteiger charge is 2.36. The Kier molecular flexibility index (Phi) is 6.68. The molecule has 5 nitrogen and oxygen atoms in total. The lowest BCUT2D eigenvalue weighted by molar-refractivity contribution is -0.126. The number of ether oxygens (including phenoxy) is 1. The third-order valence-corrected chi connectivity index (χ3v) is 5.97. The van der Waals surface area contributed by atoms with Gasteiger partial charge >= 0.3 is 0 Å². The molecule has 1 fully saturated rings. The Morgan fingerprint density at radius 1 is 1.19 bits per heavy atom. The second kappa shape index (κ2) is 9.19. The first-order valence-electron chi connectivity index (χ1n) is 8.58. The molecular formula is C20H20BrN3O2S. The van der Waals surface area contributed by atoms with Gasteiger partial charge in [0.1, 0.15) is 5.75 Å². The van der Waals surface area contributed by atoms with Crippen LogP contribution in [-0.2, 0) is 11.3 Å². The van der Waals surface area contributed by atoms with Crippen LogP contribution in [0.15, 0.2) is 63.2 Å². The van der Waals surface area contributed by atoms with E-state index in [1.165, 1.54) is 11.8 Å². The number of rotatable bonds is 6. The smallest absolute Gasteiger partial charge is 0.242 e. The standard InChI is InChI=1S/C20H20BrN3O2S/c1-3-18-19(25)24(13-15-6-10-17(26-2)11-7-15)20(27-18)23-22-12-14-4-8-16(21)9-5-14/h4-12,18H,3,13H2,1-2H3/b22-12-,23-20-/t18-/m0/s1. The molecule has 1 aliphatic rings. The molecule has 0 aromatic heterocycles. The van der Waals surface area contributed by atoms with Crippen molar-refractivity contribution in [2.75, 3.05) is 7.11 Å². The topological polar surface area (TPSA) is 54.3 Å². The van der Waals surface area contributed by atoms with Crippen molar-refractivity contribution in [2.45, 2.75) is 25.1 Å². The summed E-state index contributed by atoms with van der Waals surface area (Å²) in [7, 11) is 1.63. The van der Waals surface area contributed by atoms with E-state index < -0.39 is 0 Å². The van der Waals surface area contributed by atoms with Crippen molar-refractivity contribution in [3.8, 4) is 5.75 Å². The molecule has 7 heteroatoms. The molecule has 3 rings (SSSR count). The molecule has 0 bridgehead atoms. The Hall–Kier alpha value is -2.12. The van der Waals surface area contributed by atoms with E-state index in [1.54, 1.807) is 18.2 Å². The molecule has 2 aromatic rings. The monoisotopic (exact) mass is 445 g/mol.